The zero-order chi connectivity index (χ0) is 22.1. The summed E-state index contributed by atoms with van der Waals surface area (Å²) in [5.41, 5.74) is 1.04. The standard InChI is InChI=1S/C23H27N7O2/c1-24-23(32)19-12-26-20(13-25-19)29-10-7-16(8-11-29)30-9-6-15(14-30)21-27-18-5-3-2-4-17(18)22(31)28-21/h2-5,12-13,15-16H,6-11,14H2,1H3,(H,24,32)(H,27,28,31). The van der Waals surface area contributed by atoms with Crippen LogP contribution < -0.4 is 15.8 Å². The molecule has 0 aliphatic carbocycles. The van der Waals surface area contributed by atoms with E-state index in [9.17, 15) is 9.59 Å². The van der Waals surface area contributed by atoms with Gasteiger partial charge in [0, 0.05) is 38.6 Å². The molecule has 2 fully saturated rings. The number of hydrogen-bond donors (Lipinski definition) is 2. The Morgan fingerprint density at radius 2 is 1.91 bits per heavy atom. The lowest BCUT2D eigenvalue weighted by molar-refractivity contribution is 0.0958. The van der Waals surface area contributed by atoms with Crippen LogP contribution >= 0.6 is 0 Å². The van der Waals surface area contributed by atoms with Crippen LogP contribution in [0.4, 0.5) is 5.82 Å². The number of fused-ring (bicyclic) bond motifs is 1. The number of amides is 1. The Labute approximate surface area is 185 Å². The maximum Gasteiger partial charge on any atom is 0.271 e. The summed E-state index contributed by atoms with van der Waals surface area (Å²) in [7, 11) is 1.58. The number of anilines is 1. The van der Waals surface area contributed by atoms with E-state index in [0.29, 0.717) is 17.1 Å². The predicted octanol–water partition coefficient (Wildman–Crippen LogP) is 1.53. The number of nitrogens with zero attached hydrogens (tertiary/aromatic N) is 5. The lowest BCUT2D eigenvalue weighted by Crippen LogP contribution is -2.44. The average Bonchev–Trinajstić information content (AvgIpc) is 3.34. The number of aromatic amines is 1. The van der Waals surface area contributed by atoms with Gasteiger partial charge in [0.1, 0.15) is 17.3 Å². The number of nitrogens with one attached hydrogen (secondary N) is 2. The van der Waals surface area contributed by atoms with Gasteiger partial charge in [0.25, 0.3) is 11.5 Å². The molecule has 3 aromatic rings. The van der Waals surface area contributed by atoms with Crippen LogP contribution in [-0.4, -0.2) is 70.0 Å². The summed E-state index contributed by atoms with van der Waals surface area (Å²) in [5.74, 6) is 1.65. The third-order valence-electron chi connectivity index (χ3n) is 6.64. The van der Waals surface area contributed by atoms with Gasteiger partial charge < -0.3 is 15.2 Å². The number of hydrogen-bond acceptors (Lipinski definition) is 7. The van der Waals surface area contributed by atoms with E-state index in [1.54, 1.807) is 13.2 Å². The van der Waals surface area contributed by atoms with Crippen molar-refractivity contribution in [2.75, 3.05) is 38.1 Å². The number of benzene rings is 1. The number of carbonyl (C=O) groups is 1. The molecule has 1 aromatic carbocycles. The largest absolute Gasteiger partial charge is 0.355 e. The van der Waals surface area contributed by atoms with Gasteiger partial charge in [-0.1, -0.05) is 12.1 Å². The summed E-state index contributed by atoms with van der Waals surface area (Å²) < 4.78 is 0. The second-order valence-corrected chi connectivity index (χ2v) is 8.51. The molecule has 0 bridgehead atoms. The van der Waals surface area contributed by atoms with E-state index < -0.39 is 0 Å². The molecule has 166 valence electrons. The van der Waals surface area contributed by atoms with Gasteiger partial charge in [-0.3, -0.25) is 14.5 Å². The molecule has 4 heterocycles. The quantitative estimate of drug-likeness (QED) is 0.643. The van der Waals surface area contributed by atoms with Crippen molar-refractivity contribution < 1.29 is 4.79 Å². The van der Waals surface area contributed by atoms with Gasteiger partial charge >= 0.3 is 0 Å². The summed E-state index contributed by atoms with van der Waals surface area (Å²) in [4.78, 5) is 45.3. The van der Waals surface area contributed by atoms with E-state index in [-0.39, 0.29) is 17.4 Å². The van der Waals surface area contributed by atoms with E-state index in [4.69, 9.17) is 4.98 Å². The fourth-order valence-corrected chi connectivity index (χ4v) is 4.83. The number of para-hydroxylation sites is 1. The number of rotatable bonds is 4. The molecule has 5 rings (SSSR count). The number of likely N-dealkylation sites (tertiary alicyclic amines) is 1. The van der Waals surface area contributed by atoms with Crippen molar-refractivity contribution in [1.82, 2.24) is 30.2 Å². The van der Waals surface area contributed by atoms with Crippen LogP contribution in [0.5, 0.6) is 0 Å². The molecule has 0 spiro atoms. The smallest absolute Gasteiger partial charge is 0.271 e. The highest BCUT2D eigenvalue weighted by Crippen LogP contribution is 2.30. The zero-order valence-electron chi connectivity index (χ0n) is 18.1. The van der Waals surface area contributed by atoms with Crippen LogP contribution in [0.1, 0.15) is 41.5 Å². The first-order chi connectivity index (χ1) is 15.6. The summed E-state index contributed by atoms with van der Waals surface area (Å²) in [6.45, 7) is 3.76. The predicted molar refractivity (Wildman–Crippen MR) is 122 cm³/mol. The van der Waals surface area contributed by atoms with Crippen molar-refractivity contribution in [1.29, 1.82) is 0 Å². The lowest BCUT2D eigenvalue weighted by Gasteiger charge is -2.37. The minimum atomic E-state index is -0.228. The van der Waals surface area contributed by atoms with Crippen molar-refractivity contribution >= 4 is 22.6 Å². The highest BCUT2D eigenvalue weighted by atomic mass is 16.1. The molecule has 1 unspecified atom stereocenters. The minimum Gasteiger partial charge on any atom is -0.355 e. The van der Waals surface area contributed by atoms with Gasteiger partial charge in [-0.15, -0.1) is 0 Å². The normalized spacial score (nSPS) is 20.0. The first kappa shape index (κ1) is 20.6. The third kappa shape index (κ3) is 3.95. The molecule has 2 aliphatic heterocycles. The summed E-state index contributed by atoms with van der Waals surface area (Å²) >= 11 is 0. The second-order valence-electron chi connectivity index (χ2n) is 8.51. The van der Waals surface area contributed by atoms with Crippen LogP contribution in [0.15, 0.2) is 41.5 Å². The van der Waals surface area contributed by atoms with Crippen molar-refractivity contribution in [2.24, 2.45) is 0 Å². The monoisotopic (exact) mass is 433 g/mol. The Bertz CT molecular complexity index is 1170. The lowest BCUT2D eigenvalue weighted by atomic mass is 10.0. The molecule has 0 radical (unpaired) electrons. The first-order valence-corrected chi connectivity index (χ1v) is 11.1. The van der Waals surface area contributed by atoms with Crippen molar-refractivity contribution in [3.8, 4) is 0 Å². The number of H-pyrrole nitrogens is 1. The third-order valence-corrected chi connectivity index (χ3v) is 6.64. The summed E-state index contributed by atoms with van der Waals surface area (Å²) in [6, 6.07) is 8.02. The molecule has 2 aliphatic rings. The molecule has 1 atom stereocenters. The van der Waals surface area contributed by atoms with Crippen LogP contribution in [0.2, 0.25) is 0 Å². The zero-order valence-corrected chi connectivity index (χ0v) is 18.1. The number of carbonyl (C=O) groups excluding carboxylic acids is 1. The molecule has 2 aromatic heterocycles. The van der Waals surface area contributed by atoms with Gasteiger partial charge in [0.05, 0.1) is 23.3 Å². The minimum absolute atomic E-state index is 0.0547. The molecule has 2 N–H and O–H groups in total. The Balaban J connectivity index is 1.20. The Kier molecular flexibility index (Phi) is 5.57. The van der Waals surface area contributed by atoms with Crippen molar-refractivity contribution in [2.45, 2.75) is 31.2 Å². The van der Waals surface area contributed by atoms with E-state index >= 15 is 0 Å². The average molecular weight is 434 g/mol. The van der Waals surface area contributed by atoms with Crippen molar-refractivity contribution in [3.63, 3.8) is 0 Å². The van der Waals surface area contributed by atoms with Crippen molar-refractivity contribution in [3.05, 3.63) is 58.5 Å². The molecular formula is C23H27N7O2. The highest BCUT2D eigenvalue weighted by molar-refractivity contribution is 5.91. The van der Waals surface area contributed by atoms with Crippen LogP contribution in [0.25, 0.3) is 10.9 Å². The van der Waals surface area contributed by atoms with Crippen LogP contribution in [-0.2, 0) is 0 Å². The molecular weight excluding hydrogens is 406 g/mol. The number of aromatic nitrogens is 4. The van der Waals surface area contributed by atoms with Gasteiger partial charge in [0.2, 0.25) is 0 Å². The van der Waals surface area contributed by atoms with Gasteiger partial charge in [0.15, 0.2) is 0 Å². The molecule has 32 heavy (non-hydrogen) atoms. The van der Waals surface area contributed by atoms with E-state index in [1.807, 2.05) is 24.3 Å². The molecule has 9 nitrogen and oxygen atoms in total. The van der Waals surface area contributed by atoms with E-state index in [1.165, 1.54) is 6.20 Å². The van der Waals surface area contributed by atoms with Gasteiger partial charge in [-0.2, -0.15) is 0 Å². The van der Waals surface area contributed by atoms with E-state index in [0.717, 1.165) is 62.6 Å². The summed E-state index contributed by atoms with van der Waals surface area (Å²) in [5, 5.41) is 3.20. The summed E-state index contributed by atoms with van der Waals surface area (Å²) in [6.07, 6.45) is 6.32. The first-order valence-electron chi connectivity index (χ1n) is 11.1. The number of piperidine rings is 1. The van der Waals surface area contributed by atoms with Crippen LogP contribution in [0.3, 0.4) is 0 Å². The highest BCUT2D eigenvalue weighted by Gasteiger charge is 2.32. The molecule has 0 saturated carbocycles. The Morgan fingerprint density at radius 3 is 2.66 bits per heavy atom. The molecule has 1 amide bonds. The van der Waals surface area contributed by atoms with E-state index in [2.05, 4.69) is 30.1 Å². The SMILES string of the molecule is CNC(=O)c1cnc(N2CCC(N3CCC(c4nc5ccccc5c(=O)[nH]4)C3)CC2)cn1. The Hall–Kier alpha value is -3.33. The molecule has 9 heteroatoms. The fourth-order valence-electron chi connectivity index (χ4n) is 4.83. The topological polar surface area (TPSA) is 107 Å². The fraction of sp³-hybridized carbons (Fsp3) is 0.435. The molecule has 2 saturated heterocycles. The van der Waals surface area contributed by atoms with Crippen LogP contribution in [0, 0.1) is 0 Å². The maximum atomic E-state index is 12.4. The van der Waals surface area contributed by atoms with Gasteiger partial charge in [-0.25, -0.2) is 15.0 Å². The van der Waals surface area contributed by atoms with Gasteiger partial charge in [-0.05, 0) is 37.9 Å². The second kappa shape index (κ2) is 8.66. The maximum absolute atomic E-state index is 12.4. The Morgan fingerprint density at radius 1 is 1.09 bits per heavy atom.